The highest BCUT2D eigenvalue weighted by atomic mass is 16.5. The number of rotatable bonds is 7. The number of hydrogen-bond donors (Lipinski definition) is 1. The van der Waals surface area contributed by atoms with Gasteiger partial charge in [-0.15, -0.1) is 0 Å². The van der Waals surface area contributed by atoms with Crippen LogP contribution in [0.25, 0.3) is 0 Å². The van der Waals surface area contributed by atoms with Crippen LogP contribution in [0.15, 0.2) is 65.3 Å². The molecule has 3 aromatic rings. The summed E-state index contributed by atoms with van der Waals surface area (Å²) in [6.45, 7) is 8.77. The van der Waals surface area contributed by atoms with Crippen LogP contribution in [0.2, 0.25) is 0 Å². The van der Waals surface area contributed by atoms with Crippen LogP contribution in [-0.4, -0.2) is 5.91 Å². The molecule has 0 unspecified atom stereocenters. The number of anilines is 1. The summed E-state index contributed by atoms with van der Waals surface area (Å²) in [5.41, 5.74) is 3.83. The second kappa shape index (κ2) is 8.79. The van der Waals surface area contributed by atoms with Gasteiger partial charge in [0.15, 0.2) is 5.76 Å². The second-order valence-electron chi connectivity index (χ2n) is 7.45. The third-order valence-electron chi connectivity index (χ3n) is 4.70. The maximum absolute atomic E-state index is 13.0. The number of nitrogens with one attached hydrogen (secondary N) is 1. The number of amides is 1. The van der Waals surface area contributed by atoms with Gasteiger partial charge >= 0.3 is 0 Å². The predicted molar refractivity (Wildman–Crippen MR) is 112 cm³/mol. The van der Waals surface area contributed by atoms with Gasteiger partial charge in [-0.25, -0.2) is 0 Å². The van der Waals surface area contributed by atoms with Crippen molar-refractivity contribution in [2.75, 3.05) is 5.32 Å². The average molecular weight is 377 g/mol. The van der Waals surface area contributed by atoms with Gasteiger partial charge in [-0.3, -0.25) is 4.79 Å². The van der Waals surface area contributed by atoms with E-state index in [1.807, 2.05) is 36.4 Å². The van der Waals surface area contributed by atoms with E-state index in [4.69, 9.17) is 9.15 Å². The zero-order valence-corrected chi connectivity index (χ0v) is 16.9. The number of para-hydroxylation sites is 2. The van der Waals surface area contributed by atoms with Crippen molar-refractivity contribution < 1.29 is 13.9 Å². The third kappa shape index (κ3) is 4.45. The molecule has 1 heterocycles. The molecule has 0 aliphatic heterocycles. The van der Waals surface area contributed by atoms with Gasteiger partial charge in [0, 0.05) is 11.3 Å². The number of ether oxygens (including phenoxy) is 1. The van der Waals surface area contributed by atoms with E-state index >= 15 is 0 Å². The first-order valence-electron chi connectivity index (χ1n) is 9.65. The van der Waals surface area contributed by atoms with Crippen LogP contribution in [0.5, 0.6) is 5.75 Å². The van der Waals surface area contributed by atoms with Gasteiger partial charge in [-0.1, -0.05) is 64.1 Å². The van der Waals surface area contributed by atoms with Crippen molar-refractivity contribution in [2.24, 2.45) is 0 Å². The average Bonchev–Trinajstić information content (AvgIpc) is 3.15. The molecule has 0 saturated heterocycles. The molecule has 0 fully saturated rings. The van der Waals surface area contributed by atoms with Gasteiger partial charge in [0.2, 0.25) is 0 Å². The maximum atomic E-state index is 13.0. The summed E-state index contributed by atoms with van der Waals surface area (Å²) in [6.07, 6.45) is 1.52. The van der Waals surface area contributed by atoms with Crippen molar-refractivity contribution in [1.82, 2.24) is 0 Å². The molecule has 4 heteroatoms. The predicted octanol–water partition coefficient (Wildman–Crippen LogP) is 6.36. The van der Waals surface area contributed by atoms with E-state index in [1.54, 1.807) is 6.07 Å². The summed E-state index contributed by atoms with van der Waals surface area (Å²) in [5.74, 6) is 1.37. The van der Waals surface area contributed by atoms with Crippen molar-refractivity contribution in [3.8, 4) is 5.75 Å². The topological polar surface area (TPSA) is 51.5 Å². The molecule has 3 rings (SSSR count). The van der Waals surface area contributed by atoms with E-state index in [9.17, 15) is 4.79 Å². The highest BCUT2D eigenvalue weighted by molar-refractivity contribution is 6.04. The van der Waals surface area contributed by atoms with E-state index in [0.29, 0.717) is 11.8 Å². The van der Waals surface area contributed by atoms with Crippen LogP contribution < -0.4 is 10.1 Å². The Balaban J connectivity index is 1.82. The fraction of sp³-hybridized carbons (Fsp3) is 0.292. The van der Waals surface area contributed by atoms with Gasteiger partial charge < -0.3 is 14.5 Å². The summed E-state index contributed by atoms with van der Waals surface area (Å²) < 4.78 is 11.3. The van der Waals surface area contributed by atoms with Crippen LogP contribution in [0.1, 0.15) is 66.8 Å². The molecule has 0 aliphatic rings. The maximum Gasteiger partial charge on any atom is 0.291 e. The molecule has 2 aromatic carbocycles. The molecule has 0 aliphatic carbocycles. The van der Waals surface area contributed by atoms with Crippen LogP contribution in [0, 0.1) is 0 Å². The van der Waals surface area contributed by atoms with Gasteiger partial charge in [-0.05, 0) is 41.2 Å². The van der Waals surface area contributed by atoms with E-state index in [1.165, 1.54) is 6.26 Å². The smallest absolute Gasteiger partial charge is 0.291 e. The molecule has 1 N–H and O–H groups in total. The summed E-state index contributed by atoms with van der Waals surface area (Å²) in [6, 6.07) is 17.5. The van der Waals surface area contributed by atoms with E-state index in [-0.39, 0.29) is 18.3 Å². The van der Waals surface area contributed by atoms with Crippen LogP contribution in [0.4, 0.5) is 5.69 Å². The number of hydrogen-bond acceptors (Lipinski definition) is 3. The third-order valence-corrected chi connectivity index (χ3v) is 4.70. The quantitative estimate of drug-likeness (QED) is 0.521. The summed E-state index contributed by atoms with van der Waals surface area (Å²) in [4.78, 5) is 13.0. The molecule has 1 amide bonds. The summed E-state index contributed by atoms with van der Waals surface area (Å²) in [7, 11) is 0. The Labute approximate surface area is 166 Å². The van der Waals surface area contributed by atoms with E-state index < -0.39 is 0 Å². The Morgan fingerprint density at radius 2 is 1.57 bits per heavy atom. The standard InChI is InChI=1S/C24H27NO3/c1-16(2)20-11-8-12-21(17(3)4)22(20)25-24(26)23-18(13-14-27-23)15-28-19-9-6-5-7-10-19/h5-14,16-17H,15H2,1-4H3,(H,25,26). The molecule has 0 saturated carbocycles. The van der Waals surface area contributed by atoms with E-state index in [0.717, 1.165) is 28.1 Å². The zero-order valence-electron chi connectivity index (χ0n) is 16.9. The van der Waals surface area contributed by atoms with Crippen molar-refractivity contribution in [3.05, 3.63) is 83.3 Å². The summed E-state index contributed by atoms with van der Waals surface area (Å²) >= 11 is 0. The number of benzene rings is 2. The lowest BCUT2D eigenvalue weighted by Gasteiger charge is -2.20. The number of carbonyl (C=O) groups excluding carboxylic acids is 1. The minimum atomic E-state index is -0.258. The fourth-order valence-electron chi connectivity index (χ4n) is 3.19. The largest absolute Gasteiger partial charge is 0.489 e. The Morgan fingerprint density at radius 3 is 2.18 bits per heavy atom. The zero-order chi connectivity index (χ0) is 20.1. The molecule has 4 nitrogen and oxygen atoms in total. The molecule has 0 radical (unpaired) electrons. The van der Waals surface area contributed by atoms with Gasteiger partial charge in [0.05, 0.1) is 6.26 Å². The molecule has 146 valence electrons. The Hall–Kier alpha value is -3.01. The number of furan rings is 1. The first-order valence-corrected chi connectivity index (χ1v) is 9.65. The van der Waals surface area contributed by atoms with Crippen molar-refractivity contribution in [2.45, 2.75) is 46.1 Å². The minimum absolute atomic E-state index is 0.258. The monoisotopic (exact) mass is 377 g/mol. The first kappa shape index (κ1) is 19.7. The normalized spacial score (nSPS) is 11.1. The molecule has 0 bridgehead atoms. The molecule has 1 aromatic heterocycles. The SMILES string of the molecule is CC(C)c1cccc(C(C)C)c1NC(=O)c1occc1COc1ccccc1. The number of carbonyl (C=O) groups is 1. The summed E-state index contributed by atoms with van der Waals surface area (Å²) in [5, 5.41) is 3.09. The van der Waals surface area contributed by atoms with Crippen molar-refractivity contribution in [1.29, 1.82) is 0 Å². The molecule has 0 atom stereocenters. The van der Waals surface area contributed by atoms with Crippen LogP contribution in [-0.2, 0) is 6.61 Å². The Morgan fingerprint density at radius 1 is 0.929 bits per heavy atom. The molecular weight excluding hydrogens is 350 g/mol. The van der Waals surface area contributed by atoms with Crippen molar-refractivity contribution >= 4 is 11.6 Å². The molecular formula is C24H27NO3. The van der Waals surface area contributed by atoms with E-state index in [2.05, 4.69) is 45.1 Å². The van der Waals surface area contributed by atoms with Crippen LogP contribution >= 0.6 is 0 Å². The Bertz CT molecular complexity index is 900. The van der Waals surface area contributed by atoms with Gasteiger partial charge in [0.1, 0.15) is 12.4 Å². The van der Waals surface area contributed by atoms with Crippen molar-refractivity contribution in [3.63, 3.8) is 0 Å². The van der Waals surface area contributed by atoms with Gasteiger partial charge in [-0.2, -0.15) is 0 Å². The lowest BCUT2D eigenvalue weighted by Crippen LogP contribution is -2.17. The fourth-order valence-corrected chi connectivity index (χ4v) is 3.19. The first-order chi connectivity index (χ1) is 13.5. The Kier molecular flexibility index (Phi) is 6.19. The lowest BCUT2D eigenvalue weighted by atomic mass is 9.92. The van der Waals surface area contributed by atoms with Crippen LogP contribution in [0.3, 0.4) is 0 Å². The second-order valence-corrected chi connectivity index (χ2v) is 7.45. The highest BCUT2D eigenvalue weighted by Gasteiger charge is 2.20. The molecule has 0 spiro atoms. The molecule has 28 heavy (non-hydrogen) atoms. The highest BCUT2D eigenvalue weighted by Crippen LogP contribution is 2.33. The lowest BCUT2D eigenvalue weighted by molar-refractivity contribution is 0.0993. The minimum Gasteiger partial charge on any atom is -0.489 e. The van der Waals surface area contributed by atoms with Gasteiger partial charge in [0.25, 0.3) is 5.91 Å².